The van der Waals surface area contributed by atoms with E-state index in [2.05, 4.69) is 25.0 Å². The summed E-state index contributed by atoms with van der Waals surface area (Å²) < 4.78 is 44.2. The van der Waals surface area contributed by atoms with E-state index >= 15 is 0 Å². The van der Waals surface area contributed by atoms with E-state index in [1.54, 1.807) is 17.2 Å². The Balaban J connectivity index is 1.17. The summed E-state index contributed by atoms with van der Waals surface area (Å²) in [6.07, 6.45) is -0.212. The summed E-state index contributed by atoms with van der Waals surface area (Å²) in [5, 5.41) is 7.17. The number of rotatable bonds is 4. The number of fused-ring (bicyclic) bond motifs is 3. The van der Waals surface area contributed by atoms with Crippen LogP contribution in [-0.2, 0) is 19.3 Å². The van der Waals surface area contributed by atoms with Crippen LogP contribution in [0.5, 0.6) is 5.75 Å². The number of halogens is 3. The molecule has 1 amide bonds. The number of aromatic nitrogens is 3. The molecule has 2 fully saturated rings. The summed E-state index contributed by atoms with van der Waals surface area (Å²) in [7, 11) is 0. The molecule has 2 aromatic heterocycles. The van der Waals surface area contributed by atoms with Gasteiger partial charge in [0.25, 0.3) is 0 Å². The lowest BCUT2D eigenvalue weighted by atomic mass is 10.1. The standard InChI is InChI=1S/C24H23F3N6O2/c25-24(26,27)17-5-8-21(28-10-17)31-13-18-6-7-19(14-31)32(18)12-16-9-29-30-22(16)33-11-15-3-1-2-4-20(15)35-23(33)34/h1-5,8-10,18-19H,6-7,11-14H2,(H,29,30). The van der Waals surface area contributed by atoms with Crippen LogP contribution in [0.25, 0.3) is 0 Å². The molecular formula is C24H23F3N6O2. The lowest BCUT2D eigenvalue weighted by Gasteiger charge is -2.41. The number of ether oxygens (including phenoxy) is 1. The average molecular weight is 484 g/mol. The smallest absolute Gasteiger partial charge is 0.410 e. The Morgan fingerprint density at radius 3 is 2.54 bits per heavy atom. The SMILES string of the molecule is O=C1Oc2ccccc2CN1c1[nH]ncc1CN1C2CCC1CN(c1ccc(C(F)(F)F)cn1)C2. The first-order valence-electron chi connectivity index (χ1n) is 11.5. The van der Waals surface area contributed by atoms with E-state index in [4.69, 9.17) is 4.74 Å². The number of H-pyrrole nitrogens is 1. The average Bonchev–Trinajstić information content (AvgIpc) is 3.38. The van der Waals surface area contributed by atoms with Gasteiger partial charge in [0, 0.05) is 49.0 Å². The summed E-state index contributed by atoms with van der Waals surface area (Å²) >= 11 is 0. The monoisotopic (exact) mass is 484 g/mol. The Kier molecular flexibility index (Phi) is 5.17. The zero-order valence-corrected chi connectivity index (χ0v) is 18.7. The number of nitrogens with one attached hydrogen (secondary N) is 1. The summed E-state index contributed by atoms with van der Waals surface area (Å²) in [5.41, 5.74) is 1.08. The number of piperazine rings is 1. The van der Waals surface area contributed by atoms with Crippen LogP contribution < -0.4 is 14.5 Å². The normalized spacial score (nSPS) is 22.3. The summed E-state index contributed by atoms with van der Waals surface area (Å²) in [6, 6.07) is 10.5. The van der Waals surface area contributed by atoms with Crippen molar-refractivity contribution < 1.29 is 22.7 Å². The van der Waals surface area contributed by atoms with Crippen LogP contribution in [0.15, 0.2) is 48.8 Å². The van der Waals surface area contributed by atoms with Crippen molar-refractivity contribution in [1.82, 2.24) is 20.1 Å². The van der Waals surface area contributed by atoms with E-state index in [0.717, 1.165) is 36.2 Å². The van der Waals surface area contributed by atoms with E-state index in [0.29, 0.717) is 43.6 Å². The van der Waals surface area contributed by atoms with Crippen LogP contribution in [0.3, 0.4) is 0 Å². The van der Waals surface area contributed by atoms with Gasteiger partial charge in [0.2, 0.25) is 0 Å². The quantitative estimate of drug-likeness (QED) is 0.598. The van der Waals surface area contributed by atoms with Gasteiger partial charge in [-0.25, -0.2) is 9.78 Å². The number of carbonyl (C=O) groups excluding carboxylic acids is 1. The van der Waals surface area contributed by atoms with Crippen molar-refractivity contribution in [2.45, 2.75) is 44.2 Å². The third kappa shape index (κ3) is 3.99. The van der Waals surface area contributed by atoms with Gasteiger partial charge in [0.05, 0.1) is 18.3 Å². The number of pyridine rings is 1. The largest absolute Gasteiger partial charge is 0.421 e. The molecule has 0 spiro atoms. The third-order valence-corrected chi connectivity index (χ3v) is 7.07. The Hall–Kier alpha value is -3.60. The van der Waals surface area contributed by atoms with Crippen LogP contribution in [-0.4, -0.2) is 51.3 Å². The van der Waals surface area contributed by atoms with E-state index in [1.165, 1.54) is 6.07 Å². The number of hydrogen-bond acceptors (Lipinski definition) is 6. The van der Waals surface area contributed by atoms with Crippen molar-refractivity contribution in [3.05, 3.63) is 65.5 Å². The van der Waals surface area contributed by atoms with E-state index < -0.39 is 17.8 Å². The van der Waals surface area contributed by atoms with Gasteiger partial charge in [0.1, 0.15) is 17.4 Å². The molecule has 2 saturated heterocycles. The highest BCUT2D eigenvalue weighted by Gasteiger charge is 2.41. The van der Waals surface area contributed by atoms with Gasteiger partial charge >= 0.3 is 12.3 Å². The van der Waals surface area contributed by atoms with Crippen LogP contribution in [0, 0.1) is 0 Å². The Labute approximate surface area is 199 Å². The first-order chi connectivity index (χ1) is 16.9. The zero-order valence-electron chi connectivity index (χ0n) is 18.7. The Morgan fingerprint density at radius 1 is 1.06 bits per heavy atom. The van der Waals surface area contributed by atoms with Crippen molar-refractivity contribution in [1.29, 1.82) is 0 Å². The number of anilines is 2. The zero-order chi connectivity index (χ0) is 24.2. The molecular weight excluding hydrogens is 461 g/mol. The summed E-state index contributed by atoms with van der Waals surface area (Å²) in [6.45, 7) is 2.37. The molecule has 6 rings (SSSR count). The molecule has 35 heavy (non-hydrogen) atoms. The molecule has 0 saturated carbocycles. The van der Waals surface area contributed by atoms with Crippen LogP contribution >= 0.6 is 0 Å². The number of carbonyl (C=O) groups is 1. The maximum atomic E-state index is 12.9. The molecule has 2 unspecified atom stereocenters. The molecule has 0 radical (unpaired) electrons. The highest BCUT2D eigenvalue weighted by Crippen LogP contribution is 2.36. The molecule has 0 aliphatic carbocycles. The fraction of sp³-hybridized carbons (Fsp3) is 0.375. The Bertz CT molecular complexity index is 1230. The molecule has 3 aliphatic heterocycles. The predicted octanol–water partition coefficient (Wildman–Crippen LogP) is 4.20. The third-order valence-electron chi connectivity index (χ3n) is 7.07. The number of alkyl halides is 3. The minimum atomic E-state index is -4.39. The minimum absolute atomic E-state index is 0.231. The second-order valence-electron chi connectivity index (χ2n) is 9.17. The van der Waals surface area contributed by atoms with Gasteiger partial charge in [-0.15, -0.1) is 0 Å². The maximum absolute atomic E-state index is 12.9. The predicted molar refractivity (Wildman–Crippen MR) is 121 cm³/mol. The molecule has 2 atom stereocenters. The molecule has 3 aromatic rings. The van der Waals surface area contributed by atoms with Crippen LogP contribution in [0.4, 0.5) is 29.6 Å². The molecule has 3 aliphatic rings. The van der Waals surface area contributed by atoms with Gasteiger partial charge in [-0.05, 0) is 31.0 Å². The molecule has 1 aromatic carbocycles. The first kappa shape index (κ1) is 21.9. The highest BCUT2D eigenvalue weighted by molar-refractivity contribution is 5.90. The van der Waals surface area contributed by atoms with E-state index in [-0.39, 0.29) is 12.1 Å². The fourth-order valence-corrected chi connectivity index (χ4v) is 5.32. The maximum Gasteiger partial charge on any atom is 0.421 e. The van der Waals surface area contributed by atoms with Crippen molar-refractivity contribution in [3.63, 3.8) is 0 Å². The number of para-hydroxylation sites is 1. The summed E-state index contributed by atoms with van der Waals surface area (Å²) in [4.78, 5) is 22.8. The van der Waals surface area contributed by atoms with E-state index in [1.807, 2.05) is 18.2 Å². The number of hydrogen-bond donors (Lipinski definition) is 1. The molecule has 1 N–H and O–H groups in total. The molecule has 11 heteroatoms. The van der Waals surface area contributed by atoms with Crippen molar-refractivity contribution in [3.8, 4) is 5.75 Å². The van der Waals surface area contributed by atoms with Crippen LogP contribution in [0.2, 0.25) is 0 Å². The van der Waals surface area contributed by atoms with Crippen LogP contribution in [0.1, 0.15) is 29.5 Å². The van der Waals surface area contributed by atoms with E-state index in [9.17, 15) is 18.0 Å². The second-order valence-corrected chi connectivity index (χ2v) is 9.17. The van der Waals surface area contributed by atoms with Gasteiger partial charge in [-0.2, -0.15) is 18.3 Å². The number of nitrogens with zero attached hydrogens (tertiary/aromatic N) is 5. The minimum Gasteiger partial charge on any atom is -0.410 e. The number of amides is 1. The fourth-order valence-electron chi connectivity index (χ4n) is 5.32. The van der Waals surface area contributed by atoms with Gasteiger partial charge in [-0.3, -0.25) is 14.9 Å². The topological polar surface area (TPSA) is 77.6 Å². The molecule has 2 bridgehead atoms. The molecule has 5 heterocycles. The van der Waals surface area contributed by atoms with Gasteiger partial charge in [-0.1, -0.05) is 18.2 Å². The molecule has 8 nitrogen and oxygen atoms in total. The number of aromatic amines is 1. The van der Waals surface area contributed by atoms with Crippen molar-refractivity contribution >= 4 is 17.7 Å². The first-order valence-corrected chi connectivity index (χ1v) is 11.5. The lowest BCUT2D eigenvalue weighted by molar-refractivity contribution is -0.137. The Morgan fingerprint density at radius 2 is 1.83 bits per heavy atom. The van der Waals surface area contributed by atoms with Crippen molar-refractivity contribution in [2.75, 3.05) is 22.9 Å². The number of benzene rings is 1. The summed E-state index contributed by atoms with van der Waals surface area (Å²) in [5.74, 6) is 1.75. The van der Waals surface area contributed by atoms with Gasteiger partial charge < -0.3 is 9.64 Å². The van der Waals surface area contributed by atoms with Gasteiger partial charge in [0.15, 0.2) is 0 Å². The van der Waals surface area contributed by atoms with Crippen molar-refractivity contribution in [2.24, 2.45) is 0 Å². The molecule has 182 valence electrons. The second kappa shape index (κ2) is 8.26. The lowest BCUT2D eigenvalue weighted by Crippen LogP contribution is -2.53. The highest BCUT2D eigenvalue weighted by atomic mass is 19.4.